The van der Waals surface area contributed by atoms with Crippen LogP contribution in [0.25, 0.3) is 0 Å². The van der Waals surface area contributed by atoms with E-state index in [1.165, 1.54) is 24.9 Å². The van der Waals surface area contributed by atoms with Gasteiger partial charge in [0.05, 0.1) is 21.3 Å². The van der Waals surface area contributed by atoms with Crippen molar-refractivity contribution in [3.8, 4) is 17.2 Å². The Hall–Kier alpha value is -1.42. The first-order valence-electron chi connectivity index (χ1n) is 7.13. The fraction of sp³-hybridized carbons (Fsp3) is 0.625. The minimum Gasteiger partial charge on any atom is -0.493 e. The van der Waals surface area contributed by atoms with Crippen molar-refractivity contribution in [2.45, 2.75) is 18.3 Å². The summed E-state index contributed by atoms with van der Waals surface area (Å²) in [7, 11) is 7.21. The maximum atomic E-state index is 5.49. The molecule has 1 aromatic rings. The molecule has 2 atom stereocenters. The number of likely N-dealkylation sites (tertiary alicyclic amines) is 1. The van der Waals surface area contributed by atoms with E-state index in [1.807, 2.05) is 0 Å². The quantitative estimate of drug-likeness (QED) is 0.845. The number of methoxy groups -OCH3 is 3. The Morgan fingerprint density at radius 1 is 1.10 bits per heavy atom. The normalized spacial score (nSPS) is 28.7. The molecule has 20 heavy (non-hydrogen) atoms. The minimum atomic E-state index is 0.279. The Labute approximate surface area is 120 Å². The van der Waals surface area contributed by atoms with Crippen LogP contribution in [0.15, 0.2) is 12.1 Å². The van der Waals surface area contributed by atoms with Crippen LogP contribution in [0.3, 0.4) is 0 Å². The Kier molecular flexibility index (Phi) is 3.28. The summed E-state index contributed by atoms with van der Waals surface area (Å²) in [6.07, 6.45) is 2.57. The van der Waals surface area contributed by atoms with Crippen molar-refractivity contribution in [2.75, 3.05) is 41.5 Å². The molecule has 1 aliphatic heterocycles. The molecule has 1 aromatic carbocycles. The van der Waals surface area contributed by atoms with Gasteiger partial charge in [-0.05, 0) is 43.5 Å². The van der Waals surface area contributed by atoms with Gasteiger partial charge in [0.1, 0.15) is 0 Å². The third kappa shape index (κ3) is 1.78. The van der Waals surface area contributed by atoms with E-state index in [4.69, 9.17) is 14.2 Å². The SMILES string of the molecule is COc1cc(C23CCC2CN(C)C3)cc(OC)c1OC. The predicted octanol–water partition coefficient (Wildman–Crippen LogP) is 2.31. The van der Waals surface area contributed by atoms with Gasteiger partial charge in [-0.3, -0.25) is 0 Å². The molecule has 1 heterocycles. The first kappa shape index (κ1) is 13.6. The molecule has 1 aliphatic carbocycles. The lowest BCUT2D eigenvalue weighted by atomic mass is 9.58. The predicted molar refractivity (Wildman–Crippen MR) is 78.0 cm³/mol. The van der Waals surface area contributed by atoms with Crippen LogP contribution in [-0.2, 0) is 5.41 Å². The molecule has 4 heteroatoms. The Morgan fingerprint density at radius 3 is 2.15 bits per heavy atom. The highest BCUT2D eigenvalue weighted by atomic mass is 16.5. The fourth-order valence-corrected chi connectivity index (χ4v) is 3.93. The first-order chi connectivity index (χ1) is 9.64. The zero-order valence-electron chi connectivity index (χ0n) is 12.7. The van der Waals surface area contributed by atoms with Crippen LogP contribution in [0, 0.1) is 5.92 Å². The van der Waals surface area contributed by atoms with Gasteiger partial charge in [-0.2, -0.15) is 0 Å². The maximum absolute atomic E-state index is 5.49. The van der Waals surface area contributed by atoms with Crippen molar-refractivity contribution in [3.63, 3.8) is 0 Å². The number of rotatable bonds is 4. The van der Waals surface area contributed by atoms with Crippen molar-refractivity contribution < 1.29 is 14.2 Å². The van der Waals surface area contributed by atoms with E-state index in [0.29, 0.717) is 5.75 Å². The van der Waals surface area contributed by atoms with Gasteiger partial charge in [0.15, 0.2) is 11.5 Å². The summed E-state index contributed by atoms with van der Waals surface area (Å²) < 4.78 is 16.4. The van der Waals surface area contributed by atoms with Gasteiger partial charge in [-0.15, -0.1) is 0 Å². The lowest BCUT2D eigenvalue weighted by Gasteiger charge is -2.45. The number of fused-ring (bicyclic) bond motifs is 1. The molecule has 2 unspecified atom stereocenters. The second-order valence-electron chi connectivity index (χ2n) is 6.00. The van der Waals surface area contributed by atoms with Crippen LogP contribution in [0.1, 0.15) is 18.4 Å². The van der Waals surface area contributed by atoms with Crippen molar-refractivity contribution in [3.05, 3.63) is 17.7 Å². The van der Waals surface area contributed by atoms with Gasteiger partial charge in [0.2, 0.25) is 5.75 Å². The molecule has 0 aromatic heterocycles. The van der Waals surface area contributed by atoms with Crippen LogP contribution >= 0.6 is 0 Å². The molecular formula is C16H23NO3. The van der Waals surface area contributed by atoms with Crippen LogP contribution in [-0.4, -0.2) is 46.4 Å². The van der Waals surface area contributed by atoms with Gasteiger partial charge in [-0.25, -0.2) is 0 Å². The van der Waals surface area contributed by atoms with E-state index in [2.05, 4.69) is 24.1 Å². The summed E-state index contributed by atoms with van der Waals surface area (Å²) in [5, 5.41) is 0. The molecule has 0 N–H and O–H groups in total. The Bertz CT molecular complexity index is 491. The van der Waals surface area contributed by atoms with Crippen LogP contribution in [0.2, 0.25) is 0 Å². The molecule has 2 aliphatic rings. The van der Waals surface area contributed by atoms with Crippen molar-refractivity contribution in [2.24, 2.45) is 5.92 Å². The molecule has 2 fully saturated rings. The summed E-state index contributed by atoms with van der Waals surface area (Å²) in [6, 6.07) is 4.26. The molecule has 0 radical (unpaired) electrons. The minimum absolute atomic E-state index is 0.279. The lowest BCUT2D eigenvalue weighted by Crippen LogP contribution is -2.43. The molecular weight excluding hydrogens is 254 g/mol. The van der Waals surface area contributed by atoms with Crippen LogP contribution in [0.5, 0.6) is 17.2 Å². The first-order valence-corrected chi connectivity index (χ1v) is 7.13. The zero-order chi connectivity index (χ0) is 14.3. The molecule has 0 bridgehead atoms. The number of ether oxygens (including phenoxy) is 3. The third-order valence-corrected chi connectivity index (χ3v) is 5.04. The summed E-state index contributed by atoms with van der Waals surface area (Å²) in [6.45, 7) is 2.31. The highest BCUT2D eigenvalue weighted by Crippen LogP contribution is 2.55. The van der Waals surface area contributed by atoms with Crippen LogP contribution in [0.4, 0.5) is 0 Å². The number of benzene rings is 1. The highest BCUT2D eigenvalue weighted by molar-refractivity contribution is 5.56. The molecule has 1 saturated carbocycles. The number of nitrogens with zero attached hydrogens (tertiary/aromatic N) is 1. The molecule has 0 spiro atoms. The summed E-state index contributed by atoms with van der Waals surface area (Å²) >= 11 is 0. The number of likely N-dealkylation sites (N-methyl/N-ethyl adjacent to an activating group) is 1. The monoisotopic (exact) mass is 277 g/mol. The van der Waals surface area contributed by atoms with E-state index < -0.39 is 0 Å². The largest absolute Gasteiger partial charge is 0.493 e. The molecule has 3 rings (SSSR count). The molecule has 0 amide bonds. The van der Waals surface area contributed by atoms with Gasteiger partial charge >= 0.3 is 0 Å². The Morgan fingerprint density at radius 2 is 1.75 bits per heavy atom. The second-order valence-corrected chi connectivity index (χ2v) is 6.00. The van der Waals surface area contributed by atoms with Crippen molar-refractivity contribution >= 4 is 0 Å². The Balaban J connectivity index is 2.06. The lowest BCUT2D eigenvalue weighted by molar-refractivity contribution is 0.180. The van der Waals surface area contributed by atoms with E-state index in [1.54, 1.807) is 21.3 Å². The van der Waals surface area contributed by atoms with Gasteiger partial charge in [-0.1, -0.05) is 0 Å². The number of hydrogen-bond acceptors (Lipinski definition) is 4. The van der Waals surface area contributed by atoms with Gasteiger partial charge < -0.3 is 19.1 Å². The van der Waals surface area contributed by atoms with Crippen molar-refractivity contribution in [1.82, 2.24) is 4.90 Å². The average molecular weight is 277 g/mol. The highest BCUT2D eigenvalue weighted by Gasteiger charge is 2.53. The second kappa shape index (κ2) is 4.85. The topological polar surface area (TPSA) is 30.9 Å². The smallest absolute Gasteiger partial charge is 0.203 e. The summed E-state index contributed by atoms with van der Waals surface area (Å²) in [4.78, 5) is 2.43. The summed E-state index contributed by atoms with van der Waals surface area (Å²) in [5.74, 6) is 2.96. The zero-order valence-corrected chi connectivity index (χ0v) is 12.7. The van der Waals surface area contributed by atoms with Gasteiger partial charge in [0.25, 0.3) is 0 Å². The average Bonchev–Trinajstić information content (AvgIpc) is 2.69. The van der Waals surface area contributed by atoms with Crippen molar-refractivity contribution in [1.29, 1.82) is 0 Å². The molecule has 4 nitrogen and oxygen atoms in total. The standard InChI is InChI=1S/C16H23NO3/c1-17-9-11-5-6-16(11,10-17)12-7-13(18-2)15(20-4)14(8-12)19-3/h7-8,11H,5-6,9-10H2,1-4H3. The summed E-state index contributed by atoms with van der Waals surface area (Å²) in [5.41, 5.74) is 1.61. The van der Waals surface area contributed by atoms with E-state index in [0.717, 1.165) is 24.0 Å². The van der Waals surface area contributed by atoms with E-state index in [-0.39, 0.29) is 5.41 Å². The van der Waals surface area contributed by atoms with Crippen LogP contribution < -0.4 is 14.2 Å². The molecule has 110 valence electrons. The van der Waals surface area contributed by atoms with E-state index in [9.17, 15) is 0 Å². The van der Waals surface area contributed by atoms with E-state index >= 15 is 0 Å². The maximum Gasteiger partial charge on any atom is 0.203 e. The molecule has 1 saturated heterocycles. The van der Waals surface area contributed by atoms with Gasteiger partial charge in [0, 0.05) is 18.5 Å². The fourth-order valence-electron chi connectivity index (χ4n) is 3.93. The number of hydrogen-bond donors (Lipinski definition) is 0. The third-order valence-electron chi connectivity index (χ3n) is 5.04.